The molecule has 22 heavy (non-hydrogen) atoms. The summed E-state index contributed by atoms with van der Waals surface area (Å²) in [4.78, 5) is 6.45. The third kappa shape index (κ3) is 9.09. The molecule has 0 atom stereocenters. The Kier molecular flexibility index (Phi) is 13.0. The molecular weight excluding hydrogens is 391 g/mol. The minimum Gasteiger partial charge on any atom is -0.383 e. The minimum absolute atomic E-state index is 0. The lowest BCUT2D eigenvalue weighted by molar-refractivity contribution is 0.203. The van der Waals surface area contributed by atoms with Crippen LogP contribution < -0.4 is 15.5 Å². The van der Waals surface area contributed by atoms with E-state index in [1.165, 1.54) is 5.69 Å². The maximum atomic E-state index is 5.00. The number of anilines is 1. The van der Waals surface area contributed by atoms with E-state index >= 15 is 0 Å². The average molecular weight is 420 g/mol. The summed E-state index contributed by atoms with van der Waals surface area (Å²) in [6, 6.07) is 10.5. The smallest absolute Gasteiger partial charge is 0.191 e. The second kappa shape index (κ2) is 13.6. The highest BCUT2D eigenvalue weighted by molar-refractivity contribution is 14.0. The van der Waals surface area contributed by atoms with Crippen molar-refractivity contribution in [3.63, 3.8) is 0 Å². The van der Waals surface area contributed by atoms with Gasteiger partial charge in [0, 0.05) is 46.5 Å². The van der Waals surface area contributed by atoms with E-state index in [1.54, 1.807) is 14.2 Å². The summed E-state index contributed by atoms with van der Waals surface area (Å²) in [5, 5.41) is 6.51. The van der Waals surface area contributed by atoms with Crippen molar-refractivity contribution in [3.8, 4) is 0 Å². The molecule has 126 valence electrons. The lowest BCUT2D eigenvalue weighted by Gasteiger charge is -2.19. The quantitative estimate of drug-likeness (QED) is 0.279. The van der Waals surface area contributed by atoms with Gasteiger partial charge in [0.25, 0.3) is 0 Å². The Labute approximate surface area is 151 Å². The maximum absolute atomic E-state index is 5.00. The summed E-state index contributed by atoms with van der Waals surface area (Å²) in [5.41, 5.74) is 1.27. The van der Waals surface area contributed by atoms with E-state index in [9.17, 15) is 0 Å². The van der Waals surface area contributed by atoms with E-state index in [-0.39, 0.29) is 24.0 Å². The first-order chi connectivity index (χ1) is 10.3. The van der Waals surface area contributed by atoms with Crippen LogP contribution in [-0.2, 0) is 4.74 Å². The van der Waals surface area contributed by atoms with Gasteiger partial charge in [0.05, 0.1) is 6.61 Å². The van der Waals surface area contributed by atoms with Gasteiger partial charge in [-0.25, -0.2) is 0 Å². The van der Waals surface area contributed by atoms with Crippen molar-refractivity contribution in [3.05, 3.63) is 30.3 Å². The third-order valence-electron chi connectivity index (χ3n) is 3.23. The molecule has 0 aliphatic heterocycles. The Hall–Kier alpha value is -1.02. The van der Waals surface area contributed by atoms with Crippen LogP contribution in [-0.4, -0.2) is 53.4 Å². The summed E-state index contributed by atoms with van der Waals surface area (Å²) in [5.74, 6) is 0.837. The van der Waals surface area contributed by atoms with Gasteiger partial charge < -0.3 is 20.3 Å². The molecule has 0 radical (unpaired) electrons. The van der Waals surface area contributed by atoms with E-state index in [0.29, 0.717) is 6.61 Å². The first-order valence-corrected chi connectivity index (χ1v) is 7.47. The largest absolute Gasteiger partial charge is 0.383 e. The lowest BCUT2D eigenvalue weighted by Crippen LogP contribution is -2.39. The molecule has 5 nitrogen and oxygen atoms in total. The van der Waals surface area contributed by atoms with Crippen molar-refractivity contribution in [1.29, 1.82) is 0 Å². The maximum Gasteiger partial charge on any atom is 0.191 e. The molecule has 1 aromatic rings. The fourth-order valence-electron chi connectivity index (χ4n) is 1.98. The summed E-state index contributed by atoms with van der Waals surface area (Å²) in [7, 11) is 5.61. The van der Waals surface area contributed by atoms with Crippen LogP contribution in [0.1, 0.15) is 12.8 Å². The average Bonchev–Trinajstić information content (AvgIpc) is 2.53. The predicted molar refractivity (Wildman–Crippen MR) is 106 cm³/mol. The van der Waals surface area contributed by atoms with Gasteiger partial charge in [-0.05, 0) is 25.0 Å². The Bertz CT molecular complexity index is 400. The Balaban J connectivity index is 0.00000441. The predicted octanol–water partition coefficient (Wildman–Crippen LogP) is 2.33. The van der Waals surface area contributed by atoms with Gasteiger partial charge in [-0.3, -0.25) is 4.99 Å². The number of nitrogens with one attached hydrogen (secondary N) is 2. The molecule has 0 amide bonds. The van der Waals surface area contributed by atoms with Gasteiger partial charge in [0.1, 0.15) is 0 Å². The number of methoxy groups -OCH3 is 1. The number of para-hydroxylation sites is 1. The number of unbranched alkanes of at least 4 members (excludes halogenated alkanes) is 1. The number of ether oxygens (including phenoxy) is 1. The van der Waals surface area contributed by atoms with E-state index < -0.39 is 0 Å². The van der Waals surface area contributed by atoms with E-state index in [4.69, 9.17) is 4.74 Å². The van der Waals surface area contributed by atoms with Crippen LogP contribution in [0.25, 0.3) is 0 Å². The molecule has 0 saturated heterocycles. The van der Waals surface area contributed by atoms with Crippen molar-refractivity contribution in [2.45, 2.75) is 12.8 Å². The number of aliphatic imine (C=N–C) groups is 1. The molecule has 0 spiro atoms. The molecule has 0 heterocycles. The standard InChI is InChI=1S/C16H28N4O.HI/c1-17-16(19-12-14-21-3)18-11-7-8-13-20(2)15-9-5-4-6-10-15;/h4-6,9-10H,7-8,11-14H2,1-3H3,(H2,17,18,19);1H. The van der Waals surface area contributed by atoms with Gasteiger partial charge in [0.15, 0.2) is 5.96 Å². The van der Waals surface area contributed by atoms with Crippen LogP contribution >= 0.6 is 24.0 Å². The monoisotopic (exact) mass is 420 g/mol. The summed E-state index contributed by atoms with van der Waals surface area (Å²) in [6.45, 7) is 3.44. The van der Waals surface area contributed by atoms with Crippen LogP contribution in [0.15, 0.2) is 35.3 Å². The Morgan fingerprint density at radius 1 is 1.14 bits per heavy atom. The van der Waals surface area contributed by atoms with E-state index in [0.717, 1.165) is 38.4 Å². The third-order valence-corrected chi connectivity index (χ3v) is 3.23. The second-order valence-electron chi connectivity index (χ2n) is 4.88. The van der Waals surface area contributed by atoms with Crippen molar-refractivity contribution in [1.82, 2.24) is 10.6 Å². The van der Waals surface area contributed by atoms with Crippen LogP contribution in [0, 0.1) is 0 Å². The molecule has 1 aromatic carbocycles. The van der Waals surface area contributed by atoms with Crippen molar-refractivity contribution >= 4 is 35.6 Å². The zero-order valence-corrected chi connectivity index (χ0v) is 16.2. The molecule has 0 bridgehead atoms. The summed E-state index contributed by atoms with van der Waals surface area (Å²) >= 11 is 0. The number of hydrogen-bond donors (Lipinski definition) is 2. The molecule has 0 unspecified atom stereocenters. The highest BCUT2D eigenvalue weighted by atomic mass is 127. The molecule has 0 aromatic heterocycles. The minimum atomic E-state index is 0. The Morgan fingerprint density at radius 2 is 1.82 bits per heavy atom. The fraction of sp³-hybridized carbons (Fsp3) is 0.562. The molecule has 1 rings (SSSR count). The molecule has 2 N–H and O–H groups in total. The first-order valence-electron chi connectivity index (χ1n) is 7.47. The van der Waals surface area contributed by atoms with Crippen molar-refractivity contribution in [2.75, 3.05) is 52.3 Å². The highest BCUT2D eigenvalue weighted by Crippen LogP contribution is 2.11. The zero-order chi connectivity index (χ0) is 15.3. The summed E-state index contributed by atoms with van der Waals surface area (Å²) < 4.78 is 5.00. The van der Waals surface area contributed by atoms with Crippen LogP contribution in [0.5, 0.6) is 0 Å². The van der Waals surface area contributed by atoms with Gasteiger partial charge in [-0.15, -0.1) is 24.0 Å². The fourth-order valence-corrected chi connectivity index (χ4v) is 1.98. The number of guanidine groups is 1. The van der Waals surface area contributed by atoms with Crippen molar-refractivity contribution < 1.29 is 4.74 Å². The first kappa shape index (κ1) is 21.0. The van der Waals surface area contributed by atoms with Gasteiger partial charge in [-0.1, -0.05) is 18.2 Å². The van der Waals surface area contributed by atoms with Crippen LogP contribution in [0.3, 0.4) is 0 Å². The second-order valence-corrected chi connectivity index (χ2v) is 4.88. The molecule has 0 aliphatic rings. The lowest BCUT2D eigenvalue weighted by atomic mass is 10.2. The van der Waals surface area contributed by atoms with Crippen LogP contribution in [0.2, 0.25) is 0 Å². The van der Waals surface area contributed by atoms with Gasteiger partial charge >= 0.3 is 0 Å². The van der Waals surface area contributed by atoms with E-state index in [1.807, 2.05) is 6.07 Å². The molecule has 0 fully saturated rings. The molecular formula is C16H29IN4O. The normalized spacial score (nSPS) is 10.8. The number of nitrogens with zero attached hydrogens (tertiary/aromatic N) is 2. The number of benzene rings is 1. The number of halogens is 1. The number of rotatable bonds is 9. The Morgan fingerprint density at radius 3 is 2.45 bits per heavy atom. The zero-order valence-electron chi connectivity index (χ0n) is 13.8. The molecule has 6 heteroatoms. The SMILES string of the molecule is CN=C(NCCCCN(C)c1ccccc1)NCCOC.I. The molecule has 0 aliphatic carbocycles. The molecule has 0 saturated carbocycles. The topological polar surface area (TPSA) is 48.9 Å². The highest BCUT2D eigenvalue weighted by Gasteiger charge is 2.00. The number of hydrogen-bond acceptors (Lipinski definition) is 3. The van der Waals surface area contributed by atoms with E-state index in [2.05, 4.69) is 51.8 Å². The van der Waals surface area contributed by atoms with Gasteiger partial charge in [-0.2, -0.15) is 0 Å². The van der Waals surface area contributed by atoms with Gasteiger partial charge in [0.2, 0.25) is 0 Å². The summed E-state index contributed by atoms with van der Waals surface area (Å²) in [6.07, 6.45) is 2.26. The van der Waals surface area contributed by atoms with Crippen molar-refractivity contribution in [2.24, 2.45) is 4.99 Å². The van der Waals surface area contributed by atoms with Crippen LogP contribution in [0.4, 0.5) is 5.69 Å².